The molecule has 0 saturated carbocycles. The van der Waals surface area contributed by atoms with Crippen molar-refractivity contribution in [2.75, 3.05) is 18.4 Å². The number of nitrogens with one attached hydrogen (secondary N) is 2. The molecule has 1 aliphatic heterocycles. The van der Waals surface area contributed by atoms with E-state index in [1.807, 2.05) is 0 Å². The van der Waals surface area contributed by atoms with Gasteiger partial charge in [-0.25, -0.2) is 0 Å². The molecular weight excluding hydrogens is 419 g/mol. The molecule has 10 heteroatoms. The van der Waals surface area contributed by atoms with Gasteiger partial charge in [-0.2, -0.15) is 13.2 Å². The number of halogens is 5. The number of carbonyl (C=O) groups is 1. The third-order valence-corrected chi connectivity index (χ3v) is 4.25. The predicted octanol–water partition coefficient (Wildman–Crippen LogP) is 3.96. The Morgan fingerprint density at radius 2 is 2.17 bits per heavy atom. The summed E-state index contributed by atoms with van der Waals surface area (Å²) in [6, 6.07) is 2.80. The molecule has 4 nitrogen and oxygen atoms in total. The highest BCUT2D eigenvalue weighted by Crippen LogP contribution is 2.34. The van der Waals surface area contributed by atoms with E-state index in [9.17, 15) is 18.0 Å². The maximum absolute atomic E-state index is 12.7. The van der Waals surface area contributed by atoms with Gasteiger partial charge in [0.25, 0.3) is 0 Å². The molecule has 1 aromatic carbocycles. The minimum absolute atomic E-state index is 0. The second kappa shape index (κ2) is 8.25. The zero-order valence-electron chi connectivity index (χ0n) is 11.9. The first-order valence-electron chi connectivity index (χ1n) is 6.40. The molecule has 0 aromatic heterocycles. The topological polar surface area (TPSA) is 53.5 Å². The van der Waals surface area contributed by atoms with Gasteiger partial charge in [0.15, 0.2) is 5.17 Å². The van der Waals surface area contributed by atoms with Crippen molar-refractivity contribution >= 4 is 57.1 Å². The first-order chi connectivity index (χ1) is 10.3. The Hall–Kier alpha value is -0.930. The van der Waals surface area contributed by atoms with Crippen LogP contribution in [0.4, 0.5) is 18.9 Å². The van der Waals surface area contributed by atoms with Gasteiger partial charge in [0, 0.05) is 6.54 Å². The molecule has 1 aliphatic rings. The minimum atomic E-state index is -4.49. The fraction of sp³-hybridized carbons (Fsp3) is 0.385. The molecule has 0 aliphatic carbocycles. The summed E-state index contributed by atoms with van der Waals surface area (Å²) in [7, 11) is 0. The minimum Gasteiger partial charge on any atom is -0.363 e. The maximum Gasteiger partial charge on any atom is 0.416 e. The Morgan fingerprint density at radius 3 is 2.74 bits per heavy atom. The molecule has 0 fully saturated rings. The summed E-state index contributed by atoms with van der Waals surface area (Å²) in [6.07, 6.45) is -4.49. The first kappa shape index (κ1) is 20.1. The molecule has 1 unspecified atom stereocenters. The fourth-order valence-electron chi connectivity index (χ4n) is 1.71. The highest BCUT2D eigenvalue weighted by molar-refractivity contribution is 8.93. The van der Waals surface area contributed by atoms with Crippen molar-refractivity contribution in [3.8, 4) is 0 Å². The molecule has 0 saturated heterocycles. The number of anilines is 1. The molecule has 0 spiro atoms. The summed E-state index contributed by atoms with van der Waals surface area (Å²) >= 11 is 7.05. The number of thioether (sulfide) groups is 1. The summed E-state index contributed by atoms with van der Waals surface area (Å²) in [4.78, 5) is 16.2. The van der Waals surface area contributed by atoms with Crippen LogP contribution in [0.15, 0.2) is 23.2 Å². The zero-order chi connectivity index (χ0) is 16.3. The van der Waals surface area contributed by atoms with E-state index in [1.165, 1.54) is 11.8 Å². The number of amides is 1. The lowest BCUT2D eigenvalue weighted by Gasteiger charge is -2.14. The van der Waals surface area contributed by atoms with Crippen molar-refractivity contribution in [3.63, 3.8) is 0 Å². The van der Waals surface area contributed by atoms with Crippen molar-refractivity contribution in [2.24, 2.45) is 4.99 Å². The van der Waals surface area contributed by atoms with Gasteiger partial charge in [0.2, 0.25) is 5.91 Å². The van der Waals surface area contributed by atoms with Gasteiger partial charge in [0.05, 0.1) is 28.1 Å². The smallest absolute Gasteiger partial charge is 0.363 e. The van der Waals surface area contributed by atoms with Crippen molar-refractivity contribution in [1.29, 1.82) is 0 Å². The number of rotatable bonds is 3. The number of alkyl halides is 3. The number of amidine groups is 1. The van der Waals surface area contributed by atoms with Crippen LogP contribution in [-0.4, -0.2) is 29.4 Å². The Kier molecular flexibility index (Phi) is 7.22. The lowest BCUT2D eigenvalue weighted by atomic mass is 10.2. The van der Waals surface area contributed by atoms with Gasteiger partial charge in [0.1, 0.15) is 0 Å². The third kappa shape index (κ3) is 5.58. The van der Waals surface area contributed by atoms with Crippen molar-refractivity contribution in [3.05, 3.63) is 28.8 Å². The largest absolute Gasteiger partial charge is 0.416 e. The quantitative estimate of drug-likeness (QED) is 0.760. The second-order valence-electron chi connectivity index (χ2n) is 4.56. The molecule has 1 aromatic rings. The summed E-state index contributed by atoms with van der Waals surface area (Å²) in [5.41, 5.74) is -0.926. The van der Waals surface area contributed by atoms with Gasteiger partial charge in [-0.15, -0.1) is 17.0 Å². The molecule has 2 rings (SSSR count). The molecule has 128 valence electrons. The molecule has 23 heavy (non-hydrogen) atoms. The summed E-state index contributed by atoms with van der Waals surface area (Å²) < 4.78 is 38.0. The van der Waals surface area contributed by atoms with E-state index in [4.69, 9.17) is 11.6 Å². The molecule has 1 atom stereocenters. The first-order valence-corrected chi connectivity index (χ1v) is 7.65. The van der Waals surface area contributed by atoms with Gasteiger partial charge < -0.3 is 10.6 Å². The zero-order valence-corrected chi connectivity index (χ0v) is 15.2. The lowest BCUT2D eigenvalue weighted by molar-refractivity contribution is -0.137. The molecule has 0 radical (unpaired) electrons. The molecule has 1 heterocycles. The molecule has 1 amide bonds. The predicted molar refractivity (Wildman–Crippen MR) is 92.8 cm³/mol. The molecular formula is C13H14BrClF3N3OS. The van der Waals surface area contributed by atoms with Crippen LogP contribution in [0.25, 0.3) is 0 Å². The van der Waals surface area contributed by atoms with E-state index < -0.39 is 22.9 Å². The van der Waals surface area contributed by atoms with Crippen LogP contribution in [0.5, 0.6) is 0 Å². The Morgan fingerprint density at radius 1 is 1.48 bits per heavy atom. The highest BCUT2D eigenvalue weighted by Gasteiger charge is 2.31. The number of hydrogen-bond donors (Lipinski definition) is 2. The standard InChI is InChI=1S/C13H13ClF3N3OS.BrH/c1-7(22-12-18-4-5-19-12)11(21)20-10-6-8(13(15,16)17)2-3-9(10)14;/h2-3,6-7H,4-5H2,1H3,(H,18,19)(H,20,21);1H. The van der Waals surface area contributed by atoms with Gasteiger partial charge >= 0.3 is 6.18 Å². The number of benzene rings is 1. The normalized spacial score (nSPS) is 15.3. The second-order valence-corrected chi connectivity index (χ2v) is 6.29. The van der Waals surface area contributed by atoms with Gasteiger partial charge in [-0.05, 0) is 25.1 Å². The van der Waals surface area contributed by atoms with Crippen LogP contribution in [-0.2, 0) is 11.0 Å². The number of aliphatic imine (C=N–C) groups is 1. The van der Waals surface area contributed by atoms with Crippen molar-refractivity contribution in [2.45, 2.75) is 18.3 Å². The van der Waals surface area contributed by atoms with E-state index >= 15 is 0 Å². The molecule has 2 N–H and O–H groups in total. The summed E-state index contributed by atoms with van der Waals surface area (Å²) in [5.74, 6) is -0.442. The van der Waals surface area contributed by atoms with Crippen LogP contribution >= 0.6 is 40.3 Å². The van der Waals surface area contributed by atoms with E-state index in [0.717, 1.165) is 24.7 Å². The van der Waals surface area contributed by atoms with Crippen LogP contribution in [0.2, 0.25) is 5.02 Å². The van der Waals surface area contributed by atoms with Gasteiger partial charge in [-0.1, -0.05) is 23.4 Å². The molecule has 0 bridgehead atoms. The van der Waals surface area contributed by atoms with E-state index in [1.54, 1.807) is 6.92 Å². The monoisotopic (exact) mass is 431 g/mol. The van der Waals surface area contributed by atoms with E-state index in [2.05, 4.69) is 15.6 Å². The average molecular weight is 433 g/mol. The maximum atomic E-state index is 12.7. The van der Waals surface area contributed by atoms with Crippen molar-refractivity contribution in [1.82, 2.24) is 5.32 Å². The van der Waals surface area contributed by atoms with E-state index in [-0.39, 0.29) is 27.7 Å². The number of nitrogens with zero attached hydrogens (tertiary/aromatic N) is 1. The highest BCUT2D eigenvalue weighted by atomic mass is 79.9. The Balaban J connectivity index is 0.00000264. The third-order valence-electron chi connectivity index (χ3n) is 2.85. The van der Waals surface area contributed by atoms with Gasteiger partial charge in [-0.3, -0.25) is 9.79 Å². The van der Waals surface area contributed by atoms with E-state index in [0.29, 0.717) is 11.7 Å². The Bertz CT molecular complexity index is 613. The summed E-state index contributed by atoms with van der Waals surface area (Å²) in [6.45, 7) is 3.01. The van der Waals surface area contributed by atoms with Crippen LogP contribution < -0.4 is 10.6 Å². The number of carbonyl (C=O) groups excluding carboxylic acids is 1. The SMILES string of the molecule is Br.CC(SC1=NCCN1)C(=O)Nc1cc(C(F)(F)F)ccc1Cl. The Labute approximate surface area is 151 Å². The average Bonchev–Trinajstić information content (AvgIpc) is 2.92. The lowest BCUT2D eigenvalue weighted by Crippen LogP contribution is -2.27. The van der Waals surface area contributed by atoms with Crippen LogP contribution in [0, 0.1) is 0 Å². The van der Waals surface area contributed by atoms with Crippen LogP contribution in [0.3, 0.4) is 0 Å². The summed E-state index contributed by atoms with van der Waals surface area (Å²) in [5, 5.41) is 5.61. The number of hydrogen-bond acceptors (Lipinski definition) is 4. The van der Waals surface area contributed by atoms with Crippen molar-refractivity contribution < 1.29 is 18.0 Å². The van der Waals surface area contributed by atoms with Crippen LogP contribution in [0.1, 0.15) is 12.5 Å². The fourth-order valence-corrected chi connectivity index (χ4v) is 2.72.